The van der Waals surface area contributed by atoms with Crippen molar-refractivity contribution in [3.05, 3.63) is 29.3 Å². The summed E-state index contributed by atoms with van der Waals surface area (Å²) in [4.78, 5) is 14.0. The van der Waals surface area contributed by atoms with Crippen LogP contribution in [0.3, 0.4) is 0 Å². The van der Waals surface area contributed by atoms with Crippen molar-refractivity contribution in [3.8, 4) is 0 Å². The number of nitrogens with one attached hydrogen (secondary N) is 1. The van der Waals surface area contributed by atoms with Crippen molar-refractivity contribution < 1.29 is 4.79 Å². The first-order chi connectivity index (χ1) is 8.16. The quantitative estimate of drug-likeness (QED) is 0.803. The van der Waals surface area contributed by atoms with Crippen LogP contribution < -0.4 is 10.2 Å². The molecule has 0 atom stereocenters. The minimum Gasteiger partial charge on any atom is -0.316 e. The highest BCUT2D eigenvalue weighted by molar-refractivity contribution is 5.93. The molecule has 1 aromatic rings. The fourth-order valence-corrected chi connectivity index (χ4v) is 2.32. The van der Waals surface area contributed by atoms with Gasteiger partial charge in [-0.3, -0.25) is 4.79 Å². The van der Waals surface area contributed by atoms with Gasteiger partial charge in [-0.25, -0.2) is 0 Å². The molecule has 0 bridgehead atoms. The van der Waals surface area contributed by atoms with Crippen LogP contribution in [0.2, 0.25) is 0 Å². The van der Waals surface area contributed by atoms with E-state index in [9.17, 15) is 4.79 Å². The van der Waals surface area contributed by atoms with Gasteiger partial charge in [0.1, 0.15) is 0 Å². The predicted molar refractivity (Wildman–Crippen MR) is 70.4 cm³/mol. The second kappa shape index (κ2) is 5.32. The van der Waals surface area contributed by atoms with Crippen molar-refractivity contribution in [2.45, 2.75) is 26.7 Å². The fraction of sp³-hybridized carbons (Fsp3) is 0.500. The van der Waals surface area contributed by atoms with E-state index in [4.69, 9.17) is 0 Å². The number of rotatable bonds is 1. The predicted octanol–water partition coefficient (Wildman–Crippen LogP) is 2.02. The molecule has 1 aromatic carbocycles. The summed E-state index contributed by atoms with van der Waals surface area (Å²) >= 11 is 0. The molecule has 3 nitrogen and oxygen atoms in total. The Kier molecular flexibility index (Phi) is 3.79. The van der Waals surface area contributed by atoms with E-state index in [0.717, 1.165) is 31.7 Å². The molecule has 0 spiro atoms. The highest BCUT2D eigenvalue weighted by Gasteiger charge is 2.17. The minimum absolute atomic E-state index is 0.224. The van der Waals surface area contributed by atoms with E-state index in [0.29, 0.717) is 6.42 Å². The fourth-order valence-electron chi connectivity index (χ4n) is 2.32. The lowest BCUT2D eigenvalue weighted by Gasteiger charge is -2.26. The summed E-state index contributed by atoms with van der Waals surface area (Å²) in [6.07, 6.45) is 1.60. The van der Waals surface area contributed by atoms with Crippen molar-refractivity contribution in [2.24, 2.45) is 0 Å². The number of benzene rings is 1. The summed E-state index contributed by atoms with van der Waals surface area (Å²) in [6, 6.07) is 6.33. The van der Waals surface area contributed by atoms with Gasteiger partial charge in [-0.05, 0) is 50.1 Å². The first-order valence-corrected chi connectivity index (χ1v) is 6.26. The van der Waals surface area contributed by atoms with Crippen LogP contribution in [0, 0.1) is 13.8 Å². The van der Waals surface area contributed by atoms with Crippen molar-refractivity contribution in [3.63, 3.8) is 0 Å². The molecule has 1 aliphatic heterocycles. The summed E-state index contributed by atoms with van der Waals surface area (Å²) < 4.78 is 0. The molecule has 0 unspecified atom stereocenters. The molecule has 1 fully saturated rings. The lowest BCUT2D eigenvalue weighted by molar-refractivity contribution is -0.118. The summed E-state index contributed by atoms with van der Waals surface area (Å²) in [5, 5.41) is 3.26. The van der Waals surface area contributed by atoms with Gasteiger partial charge >= 0.3 is 0 Å². The maximum atomic E-state index is 12.1. The Hall–Kier alpha value is -1.35. The number of carbonyl (C=O) groups is 1. The Labute approximate surface area is 103 Å². The Bertz CT molecular complexity index is 394. The summed E-state index contributed by atoms with van der Waals surface area (Å²) in [5.74, 6) is 0.224. The summed E-state index contributed by atoms with van der Waals surface area (Å²) in [6.45, 7) is 6.75. The number of aryl methyl sites for hydroxylation is 2. The number of hydrogen-bond donors (Lipinski definition) is 1. The lowest BCUT2D eigenvalue weighted by atomic mass is 10.1. The highest BCUT2D eigenvalue weighted by atomic mass is 16.2. The van der Waals surface area contributed by atoms with Crippen LogP contribution in [-0.4, -0.2) is 25.5 Å². The van der Waals surface area contributed by atoms with Crippen LogP contribution in [0.25, 0.3) is 0 Å². The molecule has 17 heavy (non-hydrogen) atoms. The van der Waals surface area contributed by atoms with Gasteiger partial charge in [0.05, 0.1) is 0 Å². The van der Waals surface area contributed by atoms with E-state index in [2.05, 4.69) is 37.4 Å². The first kappa shape index (κ1) is 12.1. The van der Waals surface area contributed by atoms with E-state index < -0.39 is 0 Å². The third-order valence-electron chi connectivity index (χ3n) is 3.07. The van der Waals surface area contributed by atoms with Gasteiger partial charge < -0.3 is 10.2 Å². The zero-order valence-electron chi connectivity index (χ0n) is 10.6. The zero-order chi connectivity index (χ0) is 12.3. The molecular weight excluding hydrogens is 212 g/mol. The molecule has 1 saturated heterocycles. The second-order valence-electron chi connectivity index (χ2n) is 4.74. The lowest BCUT2D eigenvalue weighted by Crippen LogP contribution is -2.38. The Morgan fingerprint density at radius 3 is 2.53 bits per heavy atom. The molecule has 1 heterocycles. The van der Waals surface area contributed by atoms with Crippen molar-refractivity contribution in [2.75, 3.05) is 24.5 Å². The minimum atomic E-state index is 0.224. The van der Waals surface area contributed by atoms with Crippen LogP contribution in [0.15, 0.2) is 18.2 Å². The van der Waals surface area contributed by atoms with Gasteiger partial charge in [0.25, 0.3) is 0 Å². The monoisotopic (exact) mass is 232 g/mol. The van der Waals surface area contributed by atoms with Gasteiger partial charge in [0, 0.05) is 25.2 Å². The molecule has 92 valence electrons. The zero-order valence-corrected chi connectivity index (χ0v) is 10.6. The Balaban J connectivity index is 2.25. The standard InChI is InChI=1S/C14H20N2O/c1-11-8-12(2)10-13(9-11)16-7-3-5-15-6-4-14(16)17/h8-10,15H,3-7H2,1-2H3. The molecule has 1 amide bonds. The average Bonchev–Trinajstić information content (AvgIpc) is 2.22. The van der Waals surface area contributed by atoms with Gasteiger partial charge in [0.15, 0.2) is 0 Å². The second-order valence-corrected chi connectivity index (χ2v) is 4.74. The number of amides is 1. The average molecular weight is 232 g/mol. The van der Waals surface area contributed by atoms with Crippen molar-refractivity contribution in [1.82, 2.24) is 5.32 Å². The van der Waals surface area contributed by atoms with E-state index in [1.807, 2.05) is 4.90 Å². The van der Waals surface area contributed by atoms with Gasteiger partial charge in [-0.2, -0.15) is 0 Å². The van der Waals surface area contributed by atoms with Crippen LogP contribution in [0.5, 0.6) is 0 Å². The largest absolute Gasteiger partial charge is 0.316 e. The molecule has 0 aliphatic carbocycles. The molecule has 2 rings (SSSR count). The van der Waals surface area contributed by atoms with E-state index in [1.165, 1.54) is 11.1 Å². The van der Waals surface area contributed by atoms with E-state index in [-0.39, 0.29) is 5.91 Å². The number of anilines is 1. The molecular formula is C14H20N2O. The summed E-state index contributed by atoms with van der Waals surface area (Å²) in [5.41, 5.74) is 3.48. The van der Waals surface area contributed by atoms with Crippen LogP contribution >= 0.6 is 0 Å². The number of carbonyl (C=O) groups excluding carboxylic acids is 1. The SMILES string of the molecule is Cc1cc(C)cc(N2CCCNCCC2=O)c1. The highest BCUT2D eigenvalue weighted by Crippen LogP contribution is 2.20. The number of nitrogens with zero attached hydrogens (tertiary/aromatic N) is 1. The van der Waals surface area contributed by atoms with Gasteiger partial charge in [0.2, 0.25) is 5.91 Å². The Morgan fingerprint density at radius 2 is 1.82 bits per heavy atom. The third-order valence-corrected chi connectivity index (χ3v) is 3.07. The van der Waals surface area contributed by atoms with Gasteiger partial charge in [-0.15, -0.1) is 0 Å². The van der Waals surface area contributed by atoms with Crippen molar-refractivity contribution in [1.29, 1.82) is 0 Å². The maximum Gasteiger partial charge on any atom is 0.228 e. The molecule has 1 aliphatic rings. The Morgan fingerprint density at radius 1 is 1.12 bits per heavy atom. The third kappa shape index (κ3) is 3.07. The molecule has 0 saturated carbocycles. The van der Waals surface area contributed by atoms with Crippen LogP contribution in [-0.2, 0) is 4.79 Å². The topological polar surface area (TPSA) is 32.3 Å². The van der Waals surface area contributed by atoms with Crippen LogP contribution in [0.4, 0.5) is 5.69 Å². The normalized spacial score (nSPS) is 17.8. The first-order valence-electron chi connectivity index (χ1n) is 6.26. The molecule has 3 heteroatoms. The smallest absolute Gasteiger partial charge is 0.228 e. The van der Waals surface area contributed by atoms with Crippen LogP contribution in [0.1, 0.15) is 24.0 Å². The number of hydrogen-bond acceptors (Lipinski definition) is 2. The summed E-state index contributed by atoms with van der Waals surface area (Å²) in [7, 11) is 0. The van der Waals surface area contributed by atoms with E-state index in [1.54, 1.807) is 0 Å². The van der Waals surface area contributed by atoms with E-state index >= 15 is 0 Å². The molecule has 0 radical (unpaired) electrons. The maximum absolute atomic E-state index is 12.1. The molecule has 0 aromatic heterocycles. The van der Waals surface area contributed by atoms with Gasteiger partial charge in [-0.1, -0.05) is 6.07 Å². The molecule has 1 N–H and O–H groups in total. The van der Waals surface area contributed by atoms with Crippen molar-refractivity contribution >= 4 is 11.6 Å².